The lowest BCUT2D eigenvalue weighted by Gasteiger charge is -2.18. The first kappa shape index (κ1) is 20.4. The van der Waals surface area contributed by atoms with Gasteiger partial charge in [-0.1, -0.05) is 43.7 Å². The van der Waals surface area contributed by atoms with Crippen LogP contribution in [0.5, 0.6) is 0 Å². The van der Waals surface area contributed by atoms with E-state index in [0.717, 1.165) is 12.0 Å². The first-order chi connectivity index (χ1) is 12.4. The van der Waals surface area contributed by atoms with Crippen LogP contribution in [0.3, 0.4) is 0 Å². The van der Waals surface area contributed by atoms with E-state index in [1.54, 1.807) is 7.11 Å². The zero-order chi connectivity index (χ0) is 19.1. The lowest BCUT2D eigenvalue weighted by atomic mass is 9.88. The highest BCUT2D eigenvalue weighted by molar-refractivity contribution is 5.83. The summed E-state index contributed by atoms with van der Waals surface area (Å²) in [5, 5.41) is 3.01. The molecule has 1 aromatic rings. The van der Waals surface area contributed by atoms with Gasteiger partial charge in [0.2, 0.25) is 11.8 Å². The van der Waals surface area contributed by atoms with Crippen LogP contribution in [0.1, 0.15) is 43.7 Å². The van der Waals surface area contributed by atoms with Crippen molar-refractivity contribution in [2.24, 2.45) is 11.8 Å². The maximum absolute atomic E-state index is 12.8. The average molecular weight is 360 g/mol. The van der Waals surface area contributed by atoms with Crippen molar-refractivity contribution < 1.29 is 14.3 Å². The quantitative estimate of drug-likeness (QED) is 0.725. The summed E-state index contributed by atoms with van der Waals surface area (Å²) in [5.41, 5.74) is 2.33. The highest BCUT2D eigenvalue weighted by Gasteiger charge is 2.40. The summed E-state index contributed by atoms with van der Waals surface area (Å²) in [6.45, 7) is 8.49. The van der Waals surface area contributed by atoms with Gasteiger partial charge >= 0.3 is 0 Å². The lowest BCUT2D eigenvalue weighted by molar-refractivity contribution is -0.131. The van der Waals surface area contributed by atoms with Crippen LogP contribution in [-0.4, -0.2) is 50.1 Å². The van der Waals surface area contributed by atoms with E-state index in [2.05, 4.69) is 36.5 Å². The monoisotopic (exact) mass is 360 g/mol. The number of aryl methyl sites for hydroxylation is 1. The number of amides is 2. The Bertz CT molecular complexity index is 598. The Labute approximate surface area is 157 Å². The number of ether oxygens (including phenoxy) is 1. The van der Waals surface area contributed by atoms with Gasteiger partial charge in [0.15, 0.2) is 0 Å². The molecule has 1 heterocycles. The number of nitrogens with zero attached hydrogens (tertiary/aromatic N) is 1. The van der Waals surface area contributed by atoms with Gasteiger partial charge in [0.1, 0.15) is 0 Å². The Morgan fingerprint density at radius 2 is 1.92 bits per heavy atom. The van der Waals surface area contributed by atoms with Gasteiger partial charge in [-0.2, -0.15) is 0 Å². The number of likely N-dealkylation sites (tertiary alicyclic amines) is 1. The van der Waals surface area contributed by atoms with Crippen molar-refractivity contribution in [1.29, 1.82) is 0 Å². The minimum Gasteiger partial charge on any atom is -0.385 e. The molecule has 1 saturated heterocycles. The first-order valence-corrected chi connectivity index (χ1v) is 9.53. The number of rotatable bonds is 8. The van der Waals surface area contributed by atoms with Crippen molar-refractivity contribution >= 4 is 11.8 Å². The van der Waals surface area contributed by atoms with Gasteiger partial charge in [0.05, 0.1) is 5.92 Å². The van der Waals surface area contributed by atoms with Crippen LogP contribution in [0.4, 0.5) is 0 Å². The standard InChI is InChI=1S/C21H32N2O3/c1-15(2)12-20(24)23-13-18(17-8-6-16(3)7-9-17)19(14-23)21(25)22-10-5-11-26-4/h6-9,15,18-19H,5,10-14H2,1-4H3,(H,22,25)/t18-,19+/m0/s1. The maximum atomic E-state index is 12.8. The van der Waals surface area contributed by atoms with Gasteiger partial charge in [-0.25, -0.2) is 0 Å². The third kappa shape index (κ3) is 5.56. The average Bonchev–Trinajstić information content (AvgIpc) is 3.04. The topological polar surface area (TPSA) is 58.6 Å². The third-order valence-electron chi connectivity index (χ3n) is 4.92. The molecule has 2 atom stereocenters. The number of methoxy groups -OCH3 is 1. The van der Waals surface area contributed by atoms with Gasteiger partial charge in [-0.05, 0) is 24.8 Å². The van der Waals surface area contributed by atoms with Crippen molar-refractivity contribution in [3.8, 4) is 0 Å². The van der Waals surface area contributed by atoms with Crippen LogP contribution >= 0.6 is 0 Å². The smallest absolute Gasteiger partial charge is 0.225 e. The van der Waals surface area contributed by atoms with Gasteiger partial charge in [-0.15, -0.1) is 0 Å². The van der Waals surface area contributed by atoms with Crippen LogP contribution in [0, 0.1) is 18.8 Å². The SMILES string of the molecule is COCCCNC(=O)[C@@H]1CN(C(=O)CC(C)C)C[C@H]1c1ccc(C)cc1. The van der Waals surface area contributed by atoms with Crippen molar-refractivity contribution in [1.82, 2.24) is 10.2 Å². The predicted molar refractivity (Wildman–Crippen MR) is 103 cm³/mol. The number of carbonyl (C=O) groups is 2. The fourth-order valence-electron chi connectivity index (χ4n) is 3.46. The van der Waals surface area contributed by atoms with E-state index in [1.165, 1.54) is 5.56 Å². The predicted octanol–water partition coefficient (Wildman–Crippen LogP) is 2.74. The van der Waals surface area contributed by atoms with Crippen molar-refractivity contribution in [2.45, 2.75) is 39.5 Å². The molecular formula is C21H32N2O3. The molecule has 1 aliphatic heterocycles. The second kappa shape index (κ2) is 9.72. The molecule has 0 bridgehead atoms. The van der Waals surface area contributed by atoms with E-state index < -0.39 is 0 Å². The Morgan fingerprint density at radius 3 is 2.54 bits per heavy atom. The summed E-state index contributed by atoms with van der Waals surface area (Å²) >= 11 is 0. The molecule has 0 spiro atoms. The van der Waals surface area contributed by atoms with Crippen LogP contribution in [0.25, 0.3) is 0 Å². The number of carbonyl (C=O) groups excluding carboxylic acids is 2. The summed E-state index contributed by atoms with van der Waals surface area (Å²) in [5.74, 6) is 0.353. The van der Waals surface area contributed by atoms with Crippen LogP contribution in [-0.2, 0) is 14.3 Å². The van der Waals surface area contributed by atoms with E-state index in [-0.39, 0.29) is 23.7 Å². The third-order valence-corrected chi connectivity index (χ3v) is 4.92. The van der Waals surface area contributed by atoms with Crippen LogP contribution in [0.15, 0.2) is 24.3 Å². The van der Waals surface area contributed by atoms with Gasteiger partial charge in [0.25, 0.3) is 0 Å². The summed E-state index contributed by atoms with van der Waals surface area (Å²) in [4.78, 5) is 27.2. The molecule has 5 heteroatoms. The van der Waals surface area contributed by atoms with Crippen molar-refractivity contribution in [3.63, 3.8) is 0 Å². The maximum Gasteiger partial charge on any atom is 0.225 e. The molecule has 144 valence electrons. The van der Waals surface area contributed by atoms with Crippen LogP contribution < -0.4 is 5.32 Å². The molecule has 1 aromatic carbocycles. The Hall–Kier alpha value is -1.88. The Balaban J connectivity index is 2.10. The summed E-state index contributed by atoms with van der Waals surface area (Å²) < 4.78 is 5.03. The summed E-state index contributed by atoms with van der Waals surface area (Å²) in [6, 6.07) is 8.31. The fourth-order valence-corrected chi connectivity index (χ4v) is 3.46. The molecule has 0 aromatic heterocycles. The number of nitrogens with one attached hydrogen (secondary N) is 1. The highest BCUT2D eigenvalue weighted by atomic mass is 16.5. The number of hydrogen-bond donors (Lipinski definition) is 1. The van der Waals surface area contributed by atoms with E-state index in [4.69, 9.17) is 4.74 Å². The normalized spacial score (nSPS) is 19.8. The number of benzene rings is 1. The Kier molecular flexibility index (Phi) is 7.64. The van der Waals surface area contributed by atoms with E-state index >= 15 is 0 Å². The van der Waals surface area contributed by atoms with Gasteiger partial charge in [0, 0.05) is 45.7 Å². The van der Waals surface area contributed by atoms with Crippen LogP contribution in [0.2, 0.25) is 0 Å². The summed E-state index contributed by atoms with van der Waals surface area (Å²) in [6.07, 6.45) is 1.32. The van der Waals surface area contributed by atoms with Crippen molar-refractivity contribution in [3.05, 3.63) is 35.4 Å². The zero-order valence-electron chi connectivity index (χ0n) is 16.5. The number of hydrogen-bond acceptors (Lipinski definition) is 3. The second-order valence-corrected chi connectivity index (χ2v) is 7.66. The lowest BCUT2D eigenvalue weighted by Crippen LogP contribution is -2.36. The van der Waals surface area contributed by atoms with E-state index in [9.17, 15) is 9.59 Å². The largest absolute Gasteiger partial charge is 0.385 e. The first-order valence-electron chi connectivity index (χ1n) is 9.53. The molecule has 1 aliphatic rings. The van der Waals surface area contributed by atoms with Gasteiger partial charge in [-0.3, -0.25) is 9.59 Å². The fraction of sp³-hybridized carbons (Fsp3) is 0.619. The minimum absolute atomic E-state index is 0.0338. The molecule has 2 rings (SSSR count). The van der Waals surface area contributed by atoms with Crippen molar-refractivity contribution in [2.75, 3.05) is 33.4 Å². The van der Waals surface area contributed by atoms with E-state index in [0.29, 0.717) is 38.6 Å². The molecule has 0 aliphatic carbocycles. The molecule has 26 heavy (non-hydrogen) atoms. The molecular weight excluding hydrogens is 328 g/mol. The van der Waals surface area contributed by atoms with E-state index in [1.807, 2.05) is 18.7 Å². The molecule has 0 unspecified atom stereocenters. The minimum atomic E-state index is -0.198. The molecule has 1 N–H and O–H groups in total. The highest BCUT2D eigenvalue weighted by Crippen LogP contribution is 2.33. The molecule has 0 saturated carbocycles. The summed E-state index contributed by atoms with van der Waals surface area (Å²) in [7, 11) is 1.66. The Morgan fingerprint density at radius 1 is 1.23 bits per heavy atom. The van der Waals surface area contributed by atoms with Gasteiger partial charge < -0.3 is 15.0 Å². The molecule has 2 amide bonds. The zero-order valence-corrected chi connectivity index (χ0v) is 16.5. The molecule has 5 nitrogen and oxygen atoms in total. The second-order valence-electron chi connectivity index (χ2n) is 7.66. The molecule has 1 fully saturated rings. The molecule has 0 radical (unpaired) electrons.